The van der Waals surface area contributed by atoms with Gasteiger partial charge >= 0.3 is 0 Å². The molecule has 0 radical (unpaired) electrons. The van der Waals surface area contributed by atoms with Gasteiger partial charge in [0, 0.05) is 28.9 Å². The molecule has 0 aliphatic carbocycles. The highest BCUT2D eigenvalue weighted by Gasteiger charge is 2.26. The second kappa shape index (κ2) is 9.53. The number of aromatic amines is 1. The SMILES string of the molecule is CCCCS(=O)(=O)Nc1ccc(F)c(C(=O)c2c[nH]c3ncc(-c4ccc(F)cc4C)cc23)c1F. The van der Waals surface area contributed by atoms with E-state index in [1.54, 1.807) is 25.3 Å². The van der Waals surface area contributed by atoms with Crippen molar-refractivity contribution in [2.45, 2.75) is 26.7 Å². The van der Waals surface area contributed by atoms with Crippen LogP contribution in [0.5, 0.6) is 0 Å². The lowest BCUT2D eigenvalue weighted by Crippen LogP contribution is -2.19. The molecule has 10 heteroatoms. The Hall–Kier alpha value is -3.66. The van der Waals surface area contributed by atoms with Gasteiger partial charge in [-0.3, -0.25) is 9.52 Å². The first-order chi connectivity index (χ1) is 16.6. The van der Waals surface area contributed by atoms with Crippen LogP contribution >= 0.6 is 0 Å². The minimum absolute atomic E-state index is 0.0436. The Morgan fingerprint density at radius 2 is 1.89 bits per heavy atom. The first kappa shape index (κ1) is 24.5. The number of aryl methyl sites for hydroxylation is 1. The van der Waals surface area contributed by atoms with E-state index in [-0.39, 0.29) is 11.3 Å². The van der Waals surface area contributed by atoms with Crippen molar-refractivity contribution in [2.24, 2.45) is 0 Å². The number of ketones is 1. The van der Waals surface area contributed by atoms with Crippen LogP contribution in [0.1, 0.15) is 41.3 Å². The highest BCUT2D eigenvalue weighted by molar-refractivity contribution is 7.92. The summed E-state index contributed by atoms with van der Waals surface area (Å²) in [4.78, 5) is 20.3. The van der Waals surface area contributed by atoms with Gasteiger partial charge in [-0.15, -0.1) is 0 Å². The predicted molar refractivity (Wildman–Crippen MR) is 128 cm³/mol. The van der Waals surface area contributed by atoms with Crippen LogP contribution in [0.15, 0.2) is 48.8 Å². The fourth-order valence-corrected chi connectivity index (χ4v) is 5.08. The third-order valence-corrected chi connectivity index (χ3v) is 6.98. The maximum atomic E-state index is 15.2. The van der Waals surface area contributed by atoms with E-state index in [1.165, 1.54) is 18.3 Å². The van der Waals surface area contributed by atoms with Gasteiger partial charge in [-0.25, -0.2) is 26.6 Å². The number of H-pyrrole nitrogens is 1. The number of halogens is 3. The summed E-state index contributed by atoms with van der Waals surface area (Å²) in [5.41, 5.74) is 0.793. The average molecular weight is 502 g/mol. The summed E-state index contributed by atoms with van der Waals surface area (Å²) >= 11 is 0. The molecule has 2 aromatic carbocycles. The zero-order valence-corrected chi connectivity index (χ0v) is 19.8. The number of nitrogens with zero attached hydrogens (tertiary/aromatic N) is 1. The van der Waals surface area contributed by atoms with Crippen molar-refractivity contribution >= 4 is 32.5 Å². The summed E-state index contributed by atoms with van der Waals surface area (Å²) < 4.78 is 69.9. The standard InChI is InChI=1S/C25H22F3N3O3S/c1-3-4-9-35(33,34)31-21-8-7-20(27)22(23(21)28)24(32)19-13-30-25-18(19)11-15(12-29-25)17-6-5-16(26)10-14(17)2/h5-8,10-13,31H,3-4,9H2,1-2H3,(H,29,30). The smallest absolute Gasteiger partial charge is 0.232 e. The Kier molecular flexibility index (Phi) is 6.66. The van der Waals surface area contributed by atoms with Crippen molar-refractivity contribution in [1.82, 2.24) is 9.97 Å². The van der Waals surface area contributed by atoms with Crippen LogP contribution in [0.25, 0.3) is 22.2 Å². The normalized spacial score (nSPS) is 11.7. The van der Waals surface area contributed by atoms with E-state index in [2.05, 4.69) is 14.7 Å². The molecule has 182 valence electrons. The summed E-state index contributed by atoms with van der Waals surface area (Å²) in [5, 5.41) is 0.309. The topological polar surface area (TPSA) is 91.9 Å². The van der Waals surface area contributed by atoms with E-state index in [0.717, 1.165) is 12.1 Å². The molecule has 0 saturated carbocycles. The van der Waals surface area contributed by atoms with Crippen molar-refractivity contribution in [2.75, 3.05) is 10.5 Å². The van der Waals surface area contributed by atoms with Gasteiger partial charge in [0.05, 0.1) is 17.0 Å². The summed E-state index contributed by atoms with van der Waals surface area (Å²) in [6.07, 6.45) is 3.81. The molecule has 0 amide bonds. The molecule has 0 saturated heterocycles. The predicted octanol–water partition coefficient (Wildman–Crippen LogP) is 5.73. The number of hydrogen-bond acceptors (Lipinski definition) is 4. The van der Waals surface area contributed by atoms with Crippen LogP contribution in [0.3, 0.4) is 0 Å². The van der Waals surface area contributed by atoms with E-state index in [1.807, 2.05) is 6.92 Å². The highest BCUT2D eigenvalue weighted by Crippen LogP contribution is 2.31. The Bertz CT molecular complexity index is 1550. The molecule has 2 aromatic heterocycles. The van der Waals surface area contributed by atoms with Crippen molar-refractivity contribution in [3.8, 4) is 11.1 Å². The van der Waals surface area contributed by atoms with Crippen LogP contribution in [0.4, 0.5) is 18.9 Å². The molecule has 0 aliphatic rings. The first-order valence-corrected chi connectivity index (χ1v) is 12.5. The number of nitrogens with one attached hydrogen (secondary N) is 2. The largest absolute Gasteiger partial charge is 0.345 e. The Morgan fingerprint density at radius 3 is 2.60 bits per heavy atom. The number of anilines is 1. The zero-order chi connectivity index (χ0) is 25.3. The minimum atomic E-state index is -3.87. The number of sulfonamides is 1. The molecular formula is C25H22F3N3O3S. The van der Waals surface area contributed by atoms with Gasteiger partial charge in [-0.1, -0.05) is 19.4 Å². The molecule has 2 N–H and O–H groups in total. The van der Waals surface area contributed by atoms with Crippen molar-refractivity contribution in [3.05, 3.63) is 82.9 Å². The molecule has 0 bridgehead atoms. The molecule has 0 unspecified atom stereocenters. The van der Waals surface area contributed by atoms with Crippen LogP contribution in [0, 0.1) is 24.4 Å². The highest BCUT2D eigenvalue weighted by atomic mass is 32.2. The third-order valence-electron chi connectivity index (χ3n) is 5.63. The molecule has 4 rings (SSSR count). The fraction of sp³-hybridized carbons (Fsp3) is 0.200. The number of benzene rings is 2. The second-order valence-electron chi connectivity index (χ2n) is 8.17. The maximum Gasteiger partial charge on any atom is 0.232 e. The minimum Gasteiger partial charge on any atom is -0.345 e. The van der Waals surface area contributed by atoms with Crippen molar-refractivity contribution in [3.63, 3.8) is 0 Å². The van der Waals surface area contributed by atoms with Crippen molar-refractivity contribution < 1.29 is 26.4 Å². The van der Waals surface area contributed by atoms with Gasteiger partial charge in [0.25, 0.3) is 0 Å². The van der Waals surface area contributed by atoms with Gasteiger partial charge in [0.2, 0.25) is 15.8 Å². The molecular weight excluding hydrogens is 479 g/mol. The van der Waals surface area contributed by atoms with E-state index in [9.17, 15) is 22.0 Å². The number of aromatic nitrogens is 2. The van der Waals surface area contributed by atoms with Gasteiger partial charge in [-0.2, -0.15) is 0 Å². The van der Waals surface area contributed by atoms with Crippen LogP contribution < -0.4 is 4.72 Å². The lowest BCUT2D eigenvalue weighted by Gasteiger charge is -2.12. The molecule has 6 nitrogen and oxygen atoms in total. The van der Waals surface area contributed by atoms with Gasteiger partial charge in [-0.05, 0) is 54.8 Å². The number of rotatable bonds is 8. The Balaban J connectivity index is 1.76. The lowest BCUT2D eigenvalue weighted by atomic mass is 9.98. The fourth-order valence-electron chi connectivity index (χ4n) is 3.82. The van der Waals surface area contributed by atoms with Crippen LogP contribution in [-0.4, -0.2) is 29.9 Å². The van der Waals surface area contributed by atoms with E-state index >= 15 is 4.39 Å². The Morgan fingerprint density at radius 1 is 1.11 bits per heavy atom. The number of unbranched alkanes of at least 4 members (excludes halogenated alkanes) is 1. The number of fused-ring (bicyclic) bond motifs is 1. The van der Waals surface area contributed by atoms with Gasteiger partial charge in [0.1, 0.15) is 17.3 Å². The molecule has 0 spiro atoms. The van der Waals surface area contributed by atoms with E-state index in [4.69, 9.17) is 0 Å². The van der Waals surface area contributed by atoms with E-state index in [0.29, 0.717) is 40.6 Å². The molecule has 2 heterocycles. The molecule has 35 heavy (non-hydrogen) atoms. The molecule has 0 atom stereocenters. The number of carbonyl (C=O) groups excluding carboxylic acids is 1. The number of carbonyl (C=O) groups is 1. The van der Waals surface area contributed by atoms with Crippen LogP contribution in [-0.2, 0) is 10.0 Å². The third kappa shape index (κ3) is 4.93. The van der Waals surface area contributed by atoms with Crippen LogP contribution in [0.2, 0.25) is 0 Å². The molecule has 0 fully saturated rings. The summed E-state index contributed by atoms with van der Waals surface area (Å²) in [7, 11) is -3.87. The monoisotopic (exact) mass is 501 g/mol. The summed E-state index contributed by atoms with van der Waals surface area (Å²) in [6, 6.07) is 7.65. The Labute approximate surface area is 200 Å². The van der Waals surface area contributed by atoms with Gasteiger partial charge in [0.15, 0.2) is 5.82 Å². The lowest BCUT2D eigenvalue weighted by molar-refractivity contribution is 0.103. The van der Waals surface area contributed by atoms with Gasteiger partial charge < -0.3 is 4.98 Å². The first-order valence-electron chi connectivity index (χ1n) is 10.9. The van der Waals surface area contributed by atoms with E-state index < -0.39 is 44.5 Å². The molecule has 4 aromatic rings. The average Bonchev–Trinajstić information content (AvgIpc) is 3.23. The second-order valence-corrected chi connectivity index (χ2v) is 10.0. The number of pyridine rings is 1. The van der Waals surface area contributed by atoms with Crippen molar-refractivity contribution in [1.29, 1.82) is 0 Å². The number of hydrogen-bond donors (Lipinski definition) is 2. The maximum absolute atomic E-state index is 15.2. The molecule has 0 aliphatic heterocycles. The quantitative estimate of drug-likeness (QED) is 0.302. The summed E-state index contributed by atoms with van der Waals surface area (Å²) in [6.45, 7) is 3.53. The zero-order valence-electron chi connectivity index (χ0n) is 19.0. The summed E-state index contributed by atoms with van der Waals surface area (Å²) in [5.74, 6) is -4.03.